The second-order valence-electron chi connectivity index (χ2n) is 5.77. The number of nitrogens with one attached hydrogen (secondary N) is 1. The van der Waals surface area contributed by atoms with Crippen LogP contribution in [-0.2, 0) is 6.61 Å². The SMILES string of the molecule is c1ccc(COc2ccc(OC[C@@H]3CCCNC3)cc2)cc1. The molecule has 0 bridgehead atoms. The quantitative estimate of drug-likeness (QED) is 0.883. The van der Waals surface area contributed by atoms with Gasteiger partial charge in [0.05, 0.1) is 6.61 Å². The van der Waals surface area contributed by atoms with Gasteiger partial charge in [0.25, 0.3) is 0 Å². The van der Waals surface area contributed by atoms with Gasteiger partial charge in [-0.2, -0.15) is 0 Å². The van der Waals surface area contributed by atoms with Gasteiger partial charge < -0.3 is 14.8 Å². The number of piperidine rings is 1. The smallest absolute Gasteiger partial charge is 0.120 e. The normalized spacial score (nSPS) is 17.9. The van der Waals surface area contributed by atoms with E-state index >= 15 is 0 Å². The lowest BCUT2D eigenvalue weighted by molar-refractivity contribution is 0.218. The van der Waals surface area contributed by atoms with Crippen LogP contribution in [0.15, 0.2) is 54.6 Å². The Morgan fingerprint density at radius 1 is 0.909 bits per heavy atom. The lowest BCUT2D eigenvalue weighted by atomic mass is 10.0. The Morgan fingerprint density at radius 3 is 2.32 bits per heavy atom. The molecule has 0 unspecified atom stereocenters. The van der Waals surface area contributed by atoms with Crippen LogP contribution in [0.3, 0.4) is 0 Å². The van der Waals surface area contributed by atoms with E-state index in [4.69, 9.17) is 9.47 Å². The van der Waals surface area contributed by atoms with Gasteiger partial charge in [0, 0.05) is 12.5 Å². The highest BCUT2D eigenvalue weighted by Crippen LogP contribution is 2.20. The summed E-state index contributed by atoms with van der Waals surface area (Å²) in [7, 11) is 0. The Bertz CT molecular complexity index is 547. The van der Waals surface area contributed by atoms with Gasteiger partial charge in [0.15, 0.2) is 0 Å². The van der Waals surface area contributed by atoms with Gasteiger partial charge in [0.1, 0.15) is 18.1 Å². The van der Waals surface area contributed by atoms with Crippen molar-refractivity contribution in [1.29, 1.82) is 0 Å². The minimum Gasteiger partial charge on any atom is -0.493 e. The monoisotopic (exact) mass is 297 g/mol. The minimum atomic E-state index is 0.592. The fraction of sp³-hybridized carbons (Fsp3) is 0.368. The fourth-order valence-corrected chi connectivity index (χ4v) is 2.65. The molecule has 3 heteroatoms. The molecule has 1 N–H and O–H groups in total. The largest absolute Gasteiger partial charge is 0.493 e. The van der Waals surface area contributed by atoms with E-state index in [9.17, 15) is 0 Å². The van der Waals surface area contributed by atoms with Crippen LogP contribution in [0, 0.1) is 5.92 Å². The van der Waals surface area contributed by atoms with Crippen molar-refractivity contribution in [2.45, 2.75) is 19.4 Å². The highest BCUT2D eigenvalue weighted by molar-refractivity contribution is 5.31. The lowest BCUT2D eigenvalue weighted by Crippen LogP contribution is -2.33. The third-order valence-corrected chi connectivity index (χ3v) is 3.96. The molecule has 2 aromatic rings. The first kappa shape index (κ1) is 14.9. The Hall–Kier alpha value is -2.00. The lowest BCUT2D eigenvalue weighted by Gasteiger charge is -2.22. The average molecular weight is 297 g/mol. The molecule has 1 aliphatic rings. The van der Waals surface area contributed by atoms with Crippen LogP contribution >= 0.6 is 0 Å². The molecule has 1 aliphatic heterocycles. The van der Waals surface area contributed by atoms with Gasteiger partial charge in [-0.15, -0.1) is 0 Å². The van der Waals surface area contributed by atoms with Crippen molar-refractivity contribution in [1.82, 2.24) is 5.32 Å². The van der Waals surface area contributed by atoms with E-state index in [2.05, 4.69) is 17.4 Å². The molecule has 0 amide bonds. The summed E-state index contributed by atoms with van der Waals surface area (Å²) >= 11 is 0. The van der Waals surface area contributed by atoms with Gasteiger partial charge in [-0.1, -0.05) is 30.3 Å². The van der Waals surface area contributed by atoms with E-state index in [1.165, 1.54) is 18.4 Å². The van der Waals surface area contributed by atoms with E-state index in [0.29, 0.717) is 12.5 Å². The molecule has 1 saturated heterocycles. The van der Waals surface area contributed by atoms with Crippen LogP contribution < -0.4 is 14.8 Å². The first-order valence-corrected chi connectivity index (χ1v) is 8.00. The Labute approximate surface area is 132 Å². The van der Waals surface area contributed by atoms with Gasteiger partial charge in [-0.25, -0.2) is 0 Å². The van der Waals surface area contributed by atoms with E-state index in [1.54, 1.807) is 0 Å². The van der Waals surface area contributed by atoms with E-state index < -0.39 is 0 Å². The summed E-state index contributed by atoms with van der Waals surface area (Å²) < 4.78 is 11.6. The van der Waals surface area contributed by atoms with Crippen molar-refractivity contribution in [2.24, 2.45) is 5.92 Å². The van der Waals surface area contributed by atoms with Crippen LogP contribution in [0.2, 0.25) is 0 Å². The molecule has 3 rings (SSSR count). The number of benzene rings is 2. The fourth-order valence-electron chi connectivity index (χ4n) is 2.65. The summed E-state index contributed by atoms with van der Waals surface area (Å²) in [4.78, 5) is 0. The average Bonchev–Trinajstić information content (AvgIpc) is 2.61. The molecule has 0 spiro atoms. The van der Waals surface area contributed by atoms with Gasteiger partial charge in [-0.3, -0.25) is 0 Å². The maximum Gasteiger partial charge on any atom is 0.120 e. The summed E-state index contributed by atoms with van der Waals surface area (Å²) in [5, 5.41) is 3.41. The van der Waals surface area contributed by atoms with Crippen molar-refractivity contribution < 1.29 is 9.47 Å². The molecular weight excluding hydrogens is 274 g/mol. The maximum absolute atomic E-state index is 5.87. The molecule has 1 atom stereocenters. The highest BCUT2D eigenvalue weighted by atomic mass is 16.5. The molecule has 0 saturated carbocycles. The first-order chi connectivity index (χ1) is 10.9. The minimum absolute atomic E-state index is 0.592. The maximum atomic E-state index is 5.87. The molecule has 3 nitrogen and oxygen atoms in total. The molecule has 0 radical (unpaired) electrons. The van der Waals surface area contributed by atoms with E-state index in [-0.39, 0.29) is 0 Å². The zero-order valence-corrected chi connectivity index (χ0v) is 12.8. The molecule has 0 aliphatic carbocycles. The Morgan fingerprint density at radius 2 is 1.64 bits per heavy atom. The summed E-state index contributed by atoms with van der Waals surface area (Å²) in [6.07, 6.45) is 2.51. The molecule has 1 fully saturated rings. The van der Waals surface area contributed by atoms with Crippen LogP contribution in [0.1, 0.15) is 18.4 Å². The van der Waals surface area contributed by atoms with Gasteiger partial charge in [0.2, 0.25) is 0 Å². The highest BCUT2D eigenvalue weighted by Gasteiger charge is 2.13. The summed E-state index contributed by atoms with van der Waals surface area (Å²) in [6, 6.07) is 18.1. The summed E-state index contributed by atoms with van der Waals surface area (Å²) in [5.41, 5.74) is 1.17. The van der Waals surface area contributed by atoms with E-state index in [1.807, 2.05) is 42.5 Å². The van der Waals surface area contributed by atoms with Crippen molar-refractivity contribution in [3.05, 3.63) is 60.2 Å². The molecule has 116 valence electrons. The van der Waals surface area contributed by atoms with Crippen molar-refractivity contribution in [3.63, 3.8) is 0 Å². The number of hydrogen-bond acceptors (Lipinski definition) is 3. The molecule has 22 heavy (non-hydrogen) atoms. The first-order valence-electron chi connectivity index (χ1n) is 8.00. The zero-order chi connectivity index (χ0) is 15.0. The third-order valence-electron chi connectivity index (χ3n) is 3.96. The number of hydrogen-bond donors (Lipinski definition) is 1. The Kier molecular flexibility index (Phi) is 5.32. The summed E-state index contributed by atoms with van der Waals surface area (Å²) in [6.45, 7) is 3.59. The zero-order valence-electron chi connectivity index (χ0n) is 12.8. The van der Waals surface area contributed by atoms with Crippen molar-refractivity contribution in [3.8, 4) is 11.5 Å². The van der Waals surface area contributed by atoms with Gasteiger partial charge >= 0.3 is 0 Å². The predicted molar refractivity (Wildman–Crippen MR) is 88.3 cm³/mol. The molecular formula is C19H23NO2. The van der Waals surface area contributed by atoms with Crippen LogP contribution in [0.25, 0.3) is 0 Å². The number of rotatable bonds is 6. The van der Waals surface area contributed by atoms with E-state index in [0.717, 1.165) is 31.2 Å². The van der Waals surface area contributed by atoms with Crippen LogP contribution in [0.5, 0.6) is 11.5 Å². The molecule has 2 aromatic carbocycles. The topological polar surface area (TPSA) is 30.5 Å². The third kappa shape index (κ3) is 4.50. The number of ether oxygens (including phenoxy) is 2. The predicted octanol–water partition coefficient (Wildman–Crippen LogP) is 3.64. The van der Waals surface area contributed by atoms with Gasteiger partial charge in [-0.05, 0) is 49.2 Å². The molecule has 1 heterocycles. The summed E-state index contributed by atoms with van der Waals surface area (Å²) in [5.74, 6) is 2.41. The van der Waals surface area contributed by atoms with Crippen LogP contribution in [0.4, 0.5) is 0 Å². The second-order valence-corrected chi connectivity index (χ2v) is 5.77. The Balaban J connectivity index is 1.45. The standard InChI is InChI=1S/C19H23NO2/c1-2-5-16(6-3-1)14-21-18-8-10-19(11-9-18)22-15-17-7-4-12-20-13-17/h1-3,5-6,8-11,17,20H,4,7,12-15H2/t17-/m1/s1. The van der Waals surface area contributed by atoms with Crippen LogP contribution in [-0.4, -0.2) is 19.7 Å². The molecule has 0 aromatic heterocycles. The van der Waals surface area contributed by atoms with Crippen molar-refractivity contribution in [2.75, 3.05) is 19.7 Å². The second kappa shape index (κ2) is 7.85. The van der Waals surface area contributed by atoms with Crippen molar-refractivity contribution >= 4 is 0 Å².